The lowest BCUT2D eigenvalue weighted by Crippen LogP contribution is -2.30. The zero-order valence-corrected chi connectivity index (χ0v) is 6.91. The van der Waals surface area contributed by atoms with Crippen LogP contribution in [0.25, 0.3) is 0 Å². The first kappa shape index (κ1) is 10.2. The van der Waals surface area contributed by atoms with Gasteiger partial charge in [-0.3, -0.25) is 10.1 Å². The second-order valence-electron chi connectivity index (χ2n) is 2.56. The fourth-order valence-corrected chi connectivity index (χ4v) is 0.954. The number of nitriles is 1. The Kier molecular flexibility index (Phi) is 2.81. The van der Waals surface area contributed by atoms with E-state index in [-0.39, 0.29) is 16.7 Å². The molecule has 0 atom stereocenters. The zero-order chi connectivity index (χ0) is 10.7. The lowest BCUT2D eigenvalue weighted by atomic mass is 9.79. The lowest BCUT2D eigenvalue weighted by molar-refractivity contribution is -0.384. The SMILES string of the molecule is N#Cc1cc(B(O)O)cc([N+](=O)[O-])c1. The Balaban J connectivity index is 3.29. The maximum Gasteiger partial charge on any atom is 0.488 e. The molecule has 0 aliphatic carbocycles. The molecule has 0 aromatic heterocycles. The van der Waals surface area contributed by atoms with Gasteiger partial charge in [0.15, 0.2) is 0 Å². The predicted octanol–water partition coefficient (Wildman–Crippen LogP) is -0.854. The molecule has 1 rings (SSSR count). The highest BCUT2D eigenvalue weighted by Gasteiger charge is 2.17. The average molecular weight is 192 g/mol. The summed E-state index contributed by atoms with van der Waals surface area (Å²) >= 11 is 0. The van der Waals surface area contributed by atoms with E-state index in [1.807, 2.05) is 0 Å². The Hall–Kier alpha value is -1.91. The molecule has 0 spiro atoms. The summed E-state index contributed by atoms with van der Waals surface area (Å²) in [5, 5.41) is 36.4. The summed E-state index contributed by atoms with van der Waals surface area (Å²) in [6, 6.07) is 4.94. The Bertz CT molecular complexity index is 413. The van der Waals surface area contributed by atoms with Crippen molar-refractivity contribution in [2.45, 2.75) is 0 Å². The summed E-state index contributed by atoms with van der Waals surface area (Å²) in [6.45, 7) is 0. The topological polar surface area (TPSA) is 107 Å². The molecular formula is C7H5BN2O4. The molecule has 7 heteroatoms. The highest BCUT2D eigenvalue weighted by Crippen LogP contribution is 2.11. The molecule has 0 aliphatic heterocycles. The number of rotatable bonds is 2. The average Bonchev–Trinajstić information content (AvgIpc) is 2.16. The van der Waals surface area contributed by atoms with Crippen molar-refractivity contribution in [1.82, 2.24) is 0 Å². The molecule has 0 saturated carbocycles. The Morgan fingerprint density at radius 3 is 2.50 bits per heavy atom. The van der Waals surface area contributed by atoms with Gasteiger partial charge in [-0.05, 0) is 11.5 Å². The van der Waals surface area contributed by atoms with Gasteiger partial charge in [-0.25, -0.2) is 0 Å². The maximum atomic E-state index is 10.4. The van der Waals surface area contributed by atoms with Crippen LogP contribution in [-0.2, 0) is 0 Å². The summed E-state index contributed by atoms with van der Waals surface area (Å²) in [6.07, 6.45) is 0. The molecule has 0 aliphatic rings. The van der Waals surface area contributed by atoms with Gasteiger partial charge in [-0.2, -0.15) is 5.26 Å². The zero-order valence-electron chi connectivity index (χ0n) is 6.91. The minimum Gasteiger partial charge on any atom is -0.423 e. The van der Waals surface area contributed by atoms with Gasteiger partial charge in [-0.15, -0.1) is 0 Å². The fourth-order valence-electron chi connectivity index (χ4n) is 0.954. The van der Waals surface area contributed by atoms with Gasteiger partial charge in [0.1, 0.15) is 0 Å². The van der Waals surface area contributed by atoms with Crippen LogP contribution in [0.4, 0.5) is 5.69 Å². The van der Waals surface area contributed by atoms with Crippen molar-refractivity contribution in [1.29, 1.82) is 5.26 Å². The van der Waals surface area contributed by atoms with Crippen LogP contribution in [0.2, 0.25) is 0 Å². The molecule has 0 unspecified atom stereocenters. The van der Waals surface area contributed by atoms with Gasteiger partial charge >= 0.3 is 7.12 Å². The van der Waals surface area contributed by atoms with Crippen LogP contribution in [0, 0.1) is 21.4 Å². The largest absolute Gasteiger partial charge is 0.488 e. The third-order valence-corrected chi connectivity index (χ3v) is 1.58. The Labute approximate surface area is 79.3 Å². The van der Waals surface area contributed by atoms with Crippen LogP contribution in [0.15, 0.2) is 18.2 Å². The highest BCUT2D eigenvalue weighted by atomic mass is 16.6. The number of hydrogen-bond acceptors (Lipinski definition) is 5. The first-order valence-corrected chi connectivity index (χ1v) is 3.60. The number of benzene rings is 1. The second-order valence-corrected chi connectivity index (χ2v) is 2.56. The Morgan fingerprint density at radius 2 is 2.07 bits per heavy atom. The summed E-state index contributed by atoms with van der Waals surface area (Å²) in [5.74, 6) is 0. The summed E-state index contributed by atoms with van der Waals surface area (Å²) in [4.78, 5) is 9.68. The molecule has 6 nitrogen and oxygen atoms in total. The molecule has 0 bridgehead atoms. The lowest BCUT2D eigenvalue weighted by Gasteiger charge is -1.99. The van der Waals surface area contributed by atoms with Crippen molar-refractivity contribution in [3.05, 3.63) is 33.9 Å². The molecule has 0 amide bonds. The third kappa shape index (κ3) is 2.07. The van der Waals surface area contributed by atoms with Crippen LogP contribution in [0.1, 0.15) is 5.56 Å². The summed E-state index contributed by atoms with van der Waals surface area (Å²) in [7, 11) is -1.82. The minimum atomic E-state index is -1.82. The molecule has 0 fully saturated rings. The monoisotopic (exact) mass is 192 g/mol. The van der Waals surface area contributed by atoms with Gasteiger partial charge in [0.25, 0.3) is 5.69 Å². The van der Waals surface area contributed by atoms with Gasteiger partial charge in [0.05, 0.1) is 16.6 Å². The van der Waals surface area contributed by atoms with Gasteiger partial charge < -0.3 is 10.0 Å². The van der Waals surface area contributed by atoms with E-state index >= 15 is 0 Å². The smallest absolute Gasteiger partial charge is 0.423 e. The van der Waals surface area contributed by atoms with E-state index in [1.165, 1.54) is 6.07 Å². The molecule has 70 valence electrons. The van der Waals surface area contributed by atoms with Gasteiger partial charge in [-0.1, -0.05) is 0 Å². The first-order chi connectivity index (χ1) is 6.54. The molecule has 0 radical (unpaired) electrons. The van der Waals surface area contributed by atoms with Crippen LogP contribution in [0.3, 0.4) is 0 Å². The molecule has 2 N–H and O–H groups in total. The van der Waals surface area contributed by atoms with E-state index < -0.39 is 12.0 Å². The normalized spacial score (nSPS) is 9.21. The molecule has 0 saturated heterocycles. The molecule has 1 aromatic rings. The van der Waals surface area contributed by atoms with Crippen molar-refractivity contribution in [3.8, 4) is 6.07 Å². The number of nitro benzene ring substituents is 1. The second kappa shape index (κ2) is 3.87. The minimum absolute atomic E-state index is 0.0160. The van der Waals surface area contributed by atoms with Crippen LogP contribution < -0.4 is 5.46 Å². The van der Waals surface area contributed by atoms with E-state index in [0.717, 1.165) is 12.1 Å². The number of nitrogens with zero attached hydrogens (tertiary/aromatic N) is 2. The fraction of sp³-hybridized carbons (Fsp3) is 0. The first-order valence-electron chi connectivity index (χ1n) is 3.60. The predicted molar refractivity (Wildman–Crippen MR) is 47.6 cm³/mol. The standard InChI is InChI=1S/C7H5BN2O4/c9-4-5-1-6(8(11)12)3-7(2-5)10(13)14/h1-3,11-12H. The van der Waals surface area contributed by atoms with E-state index in [0.29, 0.717) is 0 Å². The van der Waals surface area contributed by atoms with Crippen LogP contribution in [0.5, 0.6) is 0 Å². The quantitative estimate of drug-likeness (QED) is 0.360. The van der Waals surface area contributed by atoms with Crippen molar-refractivity contribution in [2.75, 3.05) is 0 Å². The molecule has 14 heavy (non-hydrogen) atoms. The molecule has 0 heterocycles. The van der Waals surface area contributed by atoms with E-state index in [1.54, 1.807) is 6.07 Å². The summed E-state index contributed by atoms with van der Waals surface area (Å²) in [5.41, 5.74) is -0.398. The van der Waals surface area contributed by atoms with Crippen LogP contribution in [-0.4, -0.2) is 22.1 Å². The van der Waals surface area contributed by atoms with Gasteiger partial charge in [0, 0.05) is 12.1 Å². The van der Waals surface area contributed by atoms with Crippen molar-refractivity contribution < 1.29 is 15.0 Å². The molecule has 1 aromatic carbocycles. The maximum absolute atomic E-state index is 10.4. The third-order valence-electron chi connectivity index (χ3n) is 1.58. The van der Waals surface area contributed by atoms with Crippen molar-refractivity contribution in [2.24, 2.45) is 0 Å². The number of non-ortho nitro benzene ring substituents is 1. The van der Waals surface area contributed by atoms with Gasteiger partial charge in [0.2, 0.25) is 0 Å². The Morgan fingerprint density at radius 1 is 1.43 bits per heavy atom. The molecular weight excluding hydrogens is 187 g/mol. The number of nitro groups is 1. The summed E-state index contributed by atoms with van der Waals surface area (Å²) < 4.78 is 0. The van der Waals surface area contributed by atoms with Crippen LogP contribution >= 0.6 is 0 Å². The van der Waals surface area contributed by atoms with E-state index in [9.17, 15) is 10.1 Å². The highest BCUT2D eigenvalue weighted by molar-refractivity contribution is 6.58. The number of hydrogen-bond donors (Lipinski definition) is 2. The van der Waals surface area contributed by atoms with Crippen molar-refractivity contribution >= 4 is 18.3 Å². The van der Waals surface area contributed by atoms with E-state index in [2.05, 4.69) is 0 Å². The van der Waals surface area contributed by atoms with Crippen molar-refractivity contribution in [3.63, 3.8) is 0 Å². The van der Waals surface area contributed by atoms with E-state index in [4.69, 9.17) is 15.3 Å².